The Labute approximate surface area is 98.6 Å². The van der Waals surface area contributed by atoms with Crippen LogP contribution >= 0.6 is 11.8 Å². The lowest BCUT2D eigenvalue weighted by Crippen LogP contribution is -2.08. The molecule has 0 amide bonds. The first-order chi connectivity index (χ1) is 7.75. The predicted molar refractivity (Wildman–Crippen MR) is 69.2 cm³/mol. The molecule has 1 aromatic carbocycles. The van der Waals surface area contributed by atoms with Crippen LogP contribution in [0.1, 0.15) is 12.7 Å². The summed E-state index contributed by atoms with van der Waals surface area (Å²) in [5, 5.41) is 0.370. The van der Waals surface area contributed by atoms with Crippen molar-refractivity contribution in [2.75, 3.05) is 5.75 Å². The van der Waals surface area contributed by atoms with Gasteiger partial charge in [-0.25, -0.2) is 4.98 Å². The van der Waals surface area contributed by atoms with Crippen molar-refractivity contribution in [3.8, 4) is 0 Å². The number of aliphatic imine (C=N–C) groups is 1. The van der Waals surface area contributed by atoms with Crippen molar-refractivity contribution in [1.82, 2.24) is 9.55 Å². The van der Waals surface area contributed by atoms with Crippen molar-refractivity contribution in [3.05, 3.63) is 30.1 Å². The van der Waals surface area contributed by atoms with Crippen molar-refractivity contribution < 1.29 is 0 Å². The summed E-state index contributed by atoms with van der Waals surface area (Å²) in [5.41, 5.74) is 3.34. The lowest BCUT2D eigenvalue weighted by atomic mass is 10.3. The van der Waals surface area contributed by atoms with E-state index in [1.54, 1.807) is 0 Å². The third-order valence-electron chi connectivity index (χ3n) is 2.84. The average Bonchev–Trinajstić information content (AvgIpc) is 2.84. The summed E-state index contributed by atoms with van der Waals surface area (Å²) in [6.45, 7) is 2.13. The Bertz CT molecular complexity index is 571. The van der Waals surface area contributed by atoms with Gasteiger partial charge in [-0.15, -0.1) is 11.8 Å². The van der Waals surface area contributed by atoms with Gasteiger partial charge in [-0.1, -0.05) is 12.1 Å². The number of imidazole rings is 1. The van der Waals surface area contributed by atoms with Gasteiger partial charge in [0.15, 0.2) is 5.82 Å². The molecule has 0 bridgehead atoms. The second-order valence-electron chi connectivity index (χ2n) is 3.97. The van der Waals surface area contributed by atoms with Crippen LogP contribution < -0.4 is 0 Å². The molecule has 0 saturated carbocycles. The number of benzene rings is 1. The number of thioether (sulfide) groups is 1. The van der Waals surface area contributed by atoms with E-state index in [1.165, 1.54) is 5.52 Å². The van der Waals surface area contributed by atoms with Crippen LogP contribution in [-0.4, -0.2) is 26.4 Å². The first-order valence-corrected chi connectivity index (χ1v) is 6.40. The Morgan fingerprint density at radius 2 is 2.19 bits per heavy atom. The molecule has 0 saturated heterocycles. The van der Waals surface area contributed by atoms with Crippen molar-refractivity contribution in [1.29, 1.82) is 0 Å². The van der Waals surface area contributed by atoms with E-state index in [4.69, 9.17) is 0 Å². The van der Waals surface area contributed by atoms with Crippen molar-refractivity contribution in [2.24, 2.45) is 12.0 Å². The molecular weight excluding hydrogens is 218 g/mol. The van der Waals surface area contributed by atoms with Crippen LogP contribution in [0.5, 0.6) is 0 Å². The predicted octanol–water partition coefficient (Wildman–Crippen LogP) is 2.46. The Morgan fingerprint density at radius 1 is 1.38 bits per heavy atom. The van der Waals surface area contributed by atoms with Crippen molar-refractivity contribution in [3.63, 3.8) is 0 Å². The van der Waals surface area contributed by atoms with Gasteiger partial charge in [-0.3, -0.25) is 4.99 Å². The van der Waals surface area contributed by atoms with E-state index in [0.29, 0.717) is 5.37 Å². The SMILES string of the molecule is C[C@@H]1N=C(c2nc3ccccc3n2C)CS1. The molecular formula is C12H13N3S. The molecule has 1 aromatic heterocycles. The molecule has 0 unspecified atom stereocenters. The fraction of sp³-hybridized carbons (Fsp3) is 0.333. The van der Waals surface area contributed by atoms with Crippen LogP contribution in [-0.2, 0) is 7.05 Å². The van der Waals surface area contributed by atoms with E-state index in [9.17, 15) is 0 Å². The molecule has 2 heterocycles. The zero-order valence-electron chi connectivity index (χ0n) is 9.34. The van der Waals surface area contributed by atoms with Crippen LogP contribution in [0.25, 0.3) is 11.0 Å². The third kappa shape index (κ3) is 1.45. The summed E-state index contributed by atoms with van der Waals surface area (Å²) in [6, 6.07) is 8.21. The first-order valence-electron chi connectivity index (χ1n) is 5.36. The fourth-order valence-electron chi connectivity index (χ4n) is 2.02. The number of hydrogen-bond donors (Lipinski definition) is 0. The highest BCUT2D eigenvalue weighted by Crippen LogP contribution is 2.24. The van der Waals surface area contributed by atoms with E-state index >= 15 is 0 Å². The monoisotopic (exact) mass is 231 g/mol. The number of para-hydroxylation sites is 2. The van der Waals surface area contributed by atoms with E-state index in [2.05, 4.69) is 34.6 Å². The lowest BCUT2D eigenvalue weighted by Gasteiger charge is -2.00. The largest absolute Gasteiger partial charge is 0.326 e. The Morgan fingerprint density at radius 3 is 2.88 bits per heavy atom. The zero-order valence-corrected chi connectivity index (χ0v) is 10.2. The summed E-state index contributed by atoms with van der Waals surface area (Å²) >= 11 is 1.86. The number of fused-ring (bicyclic) bond motifs is 1. The number of aromatic nitrogens is 2. The Kier molecular flexibility index (Phi) is 2.24. The van der Waals surface area contributed by atoms with Crippen molar-refractivity contribution >= 4 is 28.5 Å². The molecule has 0 spiro atoms. The molecule has 0 aliphatic carbocycles. The molecule has 82 valence electrons. The number of aryl methyl sites for hydroxylation is 1. The van der Waals surface area contributed by atoms with Gasteiger partial charge < -0.3 is 4.57 Å². The topological polar surface area (TPSA) is 30.2 Å². The smallest absolute Gasteiger partial charge is 0.155 e. The maximum absolute atomic E-state index is 4.65. The summed E-state index contributed by atoms with van der Waals surface area (Å²) in [4.78, 5) is 9.26. The molecule has 2 aromatic rings. The molecule has 0 fully saturated rings. The summed E-state index contributed by atoms with van der Waals surface area (Å²) in [5.74, 6) is 1.98. The molecule has 0 N–H and O–H groups in total. The van der Waals surface area contributed by atoms with Gasteiger partial charge in [-0.05, 0) is 19.1 Å². The first kappa shape index (κ1) is 9.90. The molecule has 1 aliphatic heterocycles. The van der Waals surface area contributed by atoms with E-state index < -0.39 is 0 Å². The standard InChI is InChI=1S/C12H13N3S/c1-8-13-10(7-16-8)12-14-9-5-3-4-6-11(9)15(12)2/h3-6,8H,7H2,1-2H3/t8-/m1/s1. The highest BCUT2D eigenvalue weighted by atomic mass is 32.2. The van der Waals surface area contributed by atoms with E-state index in [0.717, 1.165) is 22.8 Å². The van der Waals surface area contributed by atoms with E-state index in [-0.39, 0.29) is 0 Å². The second-order valence-corrected chi connectivity index (χ2v) is 5.27. The number of hydrogen-bond acceptors (Lipinski definition) is 3. The van der Waals surface area contributed by atoms with Crippen LogP contribution in [0.2, 0.25) is 0 Å². The Hall–Kier alpha value is -1.29. The molecule has 16 heavy (non-hydrogen) atoms. The second kappa shape index (κ2) is 3.63. The third-order valence-corrected chi connectivity index (χ3v) is 3.87. The van der Waals surface area contributed by atoms with Crippen LogP contribution in [0, 0.1) is 0 Å². The minimum atomic E-state index is 0.370. The molecule has 3 nitrogen and oxygen atoms in total. The maximum atomic E-state index is 4.65. The summed E-state index contributed by atoms with van der Waals surface area (Å²) in [6.07, 6.45) is 0. The van der Waals surface area contributed by atoms with E-state index in [1.807, 2.05) is 30.0 Å². The normalized spacial score (nSPS) is 20.4. The van der Waals surface area contributed by atoms with Gasteiger partial charge in [0, 0.05) is 12.8 Å². The van der Waals surface area contributed by atoms with Crippen LogP contribution in [0.4, 0.5) is 0 Å². The maximum Gasteiger partial charge on any atom is 0.155 e. The summed E-state index contributed by atoms with van der Waals surface area (Å²) in [7, 11) is 2.06. The highest BCUT2D eigenvalue weighted by Gasteiger charge is 2.19. The molecule has 1 atom stereocenters. The number of nitrogens with zero attached hydrogens (tertiary/aromatic N) is 3. The van der Waals surface area contributed by atoms with Gasteiger partial charge in [0.2, 0.25) is 0 Å². The minimum Gasteiger partial charge on any atom is -0.326 e. The fourth-order valence-corrected chi connectivity index (χ4v) is 2.82. The average molecular weight is 231 g/mol. The molecule has 3 rings (SSSR count). The van der Waals surface area contributed by atoms with Crippen LogP contribution in [0.15, 0.2) is 29.3 Å². The van der Waals surface area contributed by atoms with Gasteiger partial charge in [-0.2, -0.15) is 0 Å². The summed E-state index contributed by atoms with van der Waals surface area (Å²) < 4.78 is 2.13. The van der Waals surface area contributed by atoms with Gasteiger partial charge in [0.25, 0.3) is 0 Å². The van der Waals surface area contributed by atoms with Gasteiger partial charge in [0.1, 0.15) is 0 Å². The quantitative estimate of drug-likeness (QED) is 0.754. The molecule has 1 aliphatic rings. The zero-order chi connectivity index (χ0) is 11.1. The van der Waals surface area contributed by atoms with Gasteiger partial charge >= 0.3 is 0 Å². The lowest BCUT2D eigenvalue weighted by molar-refractivity contribution is 0.924. The van der Waals surface area contributed by atoms with Gasteiger partial charge in [0.05, 0.1) is 22.1 Å². The van der Waals surface area contributed by atoms with Crippen LogP contribution in [0.3, 0.4) is 0 Å². The highest BCUT2D eigenvalue weighted by molar-refractivity contribution is 8.00. The number of rotatable bonds is 1. The van der Waals surface area contributed by atoms with Crippen molar-refractivity contribution in [2.45, 2.75) is 12.3 Å². The minimum absolute atomic E-state index is 0.370. The molecule has 4 heteroatoms. The Balaban J connectivity index is 2.18. The molecule has 0 radical (unpaired) electrons.